The molecule has 2 unspecified atom stereocenters. The molecule has 0 radical (unpaired) electrons. The summed E-state index contributed by atoms with van der Waals surface area (Å²) >= 11 is 0. The second-order valence-corrected chi connectivity index (χ2v) is 4.60. The molecule has 0 aliphatic carbocycles. The number of para-hydroxylation sites is 1. The van der Waals surface area contributed by atoms with Gasteiger partial charge in [0.25, 0.3) is 0 Å². The van der Waals surface area contributed by atoms with E-state index in [0.717, 1.165) is 12.1 Å². The number of hydrogen-bond acceptors (Lipinski definition) is 3. The molecule has 0 spiro atoms. The van der Waals surface area contributed by atoms with Gasteiger partial charge in [-0.3, -0.25) is 4.79 Å². The lowest BCUT2D eigenvalue weighted by Crippen LogP contribution is -2.45. The summed E-state index contributed by atoms with van der Waals surface area (Å²) in [7, 11) is 0. The Morgan fingerprint density at radius 1 is 1.44 bits per heavy atom. The summed E-state index contributed by atoms with van der Waals surface area (Å²) in [6.07, 6.45) is 1.11. The van der Waals surface area contributed by atoms with Gasteiger partial charge in [0.1, 0.15) is 6.04 Å². The number of benzene rings is 1. The van der Waals surface area contributed by atoms with Crippen LogP contribution in [0.2, 0.25) is 0 Å². The molecule has 0 bridgehead atoms. The third kappa shape index (κ3) is 2.69. The maximum atomic E-state index is 12.4. The van der Waals surface area contributed by atoms with E-state index < -0.39 is 6.04 Å². The van der Waals surface area contributed by atoms with Crippen LogP contribution in [0.3, 0.4) is 0 Å². The second-order valence-electron chi connectivity index (χ2n) is 4.60. The minimum atomic E-state index is -0.396. The van der Waals surface area contributed by atoms with E-state index in [4.69, 9.17) is 5.26 Å². The van der Waals surface area contributed by atoms with Gasteiger partial charge in [0, 0.05) is 18.3 Å². The van der Waals surface area contributed by atoms with Crippen LogP contribution in [0.1, 0.15) is 19.8 Å². The minimum Gasteiger partial charge on any atom is -0.311 e. The average Bonchev–Trinajstić information content (AvgIpc) is 2.52. The van der Waals surface area contributed by atoms with Gasteiger partial charge in [-0.25, -0.2) is 0 Å². The van der Waals surface area contributed by atoms with Crippen molar-refractivity contribution in [3.63, 3.8) is 0 Å². The molecule has 2 rings (SSSR count). The van der Waals surface area contributed by atoms with Crippen LogP contribution >= 0.6 is 0 Å². The summed E-state index contributed by atoms with van der Waals surface area (Å²) in [6.45, 7) is 2.74. The summed E-state index contributed by atoms with van der Waals surface area (Å²) < 4.78 is 0. The number of nitriles is 1. The van der Waals surface area contributed by atoms with Gasteiger partial charge in [-0.05, 0) is 25.5 Å². The van der Waals surface area contributed by atoms with Crippen LogP contribution < -0.4 is 10.2 Å². The second kappa shape index (κ2) is 5.65. The molecule has 4 heteroatoms. The van der Waals surface area contributed by atoms with Crippen molar-refractivity contribution >= 4 is 11.6 Å². The van der Waals surface area contributed by atoms with Gasteiger partial charge in [-0.1, -0.05) is 18.2 Å². The fraction of sp³-hybridized carbons (Fsp3) is 0.429. The molecule has 0 aromatic heterocycles. The molecule has 2 atom stereocenters. The summed E-state index contributed by atoms with van der Waals surface area (Å²) in [5, 5.41) is 12.0. The van der Waals surface area contributed by atoms with E-state index in [1.54, 1.807) is 4.90 Å². The Hall–Kier alpha value is -1.86. The fourth-order valence-corrected chi connectivity index (χ4v) is 2.22. The predicted molar refractivity (Wildman–Crippen MR) is 70.0 cm³/mol. The number of nitrogens with zero attached hydrogens (tertiary/aromatic N) is 2. The van der Waals surface area contributed by atoms with E-state index >= 15 is 0 Å². The first-order valence-electron chi connectivity index (χ1n) is 6.22. The summed E-state index contributed by atoms with van der Waals surface area (Å²) in [4.78, 5) is 14.2. The van der Waals surface area contributed by atoms with Crippen LogP contribution in [0.15, 0.2) is 30.3 Å². The summed E-state index contributed by atoms with van der Waals surface area (Å²) in [6, 6.07) is 11.6. The van der Waals surface area contributed by atoms with Crippen molar-refractivity contribution in [1.29, 1.82) is 5.26 Å². The average molecular weight is 243 g/mol. The van der Waals surface area contributed by atoms with Crippen molar-refractivity contribution in [2.75, 3.05) is 11.4 Å². The van der Waals surface area contributed by atoms with Crippen LogP contribution in [0.4, 0.5) is 5.69 Å². The number of hydrogen-bond donors (Lipinski definition) is 1. The molecular weight excluding hydrogens is 226 g/mol. The normalized spacial score (nSPS) is 24.4. The first kappa shape index (κ1) is 12.6. The van der Waals surface area contributed by atoms with Crippen LogP contribution in [0.25, 0.3) is 0 Å². The zero-order chi connectivity index (χ0) is 13.0. The largest absolute Gasteiger partial charge is 0.311 e. The molecule has 0 saturated carbocycles. The lowest BCUT2D eigenvalue weighted by Gasteiger charge is -2.23. The van der Waals surface area contributed by atoms with Gasteiger partial charge in [0.05, 0.1) is 12.5 Å². The molecule has 18 heavy (non-hydrogen) atoms. The van der Waals surface area contributed by atoms with Gasteiger partial charge in [-0.15, -0.1) is 0 Å². The number of rotatable bonds is 2. The van der Waals surface area contributed by atoms with Gasteiger partial charge in [0.2, 0.25) is 5.91 Å². The quantitative estimate of drug-likeness (QED) is 0.859. The topological polar surface area (TPSA) is 56.1 Å². The molecule has 1 heterocycles. The van der Waals surface area contributed by atoms with Crippen molar-refractivity contribution in [3.8, 4) is 6.07 Å². The smallest absolute Gasteiger partial charge is 0.245 e. The lowest BCUT2D eigenvalue weighted by atomic mass is 10.1. The maximum Gasteiger partial charge on any atom is 0.245 e. The van der Waals surface area contributed by atoms with Crippen molar-refractivity contribution in [1.82, 2.24) is 5.32 Å². The van der Waals surface area contributed by atoms with Crippen molar-refractivity contribution in [2.45, 2.75) is 31.8 Å². The zero-order valence-corrected chi connectivity index (χ0v) is 10.5. The van der Waals surface area contributed by atoms with Gasteiger partial charge >= 0.3 is 0 Å². The van der Waals surface area contributed by atoms with E-state index in [1.807, 2.05) is 37.3 Å². The molecule has 1 amide bonds. The standard InChI is InChI=1S/C14H17N3O/c1-11-8-10-17(12-5-3-2-4-6-12)14(18)13(16-11)7-9-15/h2-6,11,13,16H,7-8,10H2,1H3. The summed E-state index contributed by atoms with van der Waals surface area (Å²) in [5.41, 5.74) is 0.904. The zero-order valence-electron chi connectivity index (χ0n) is 10.5. The third-order valence-electron chi connectivity index (χ3n) is 3.20. The fourth-order valence-electron chi connectivity index (χ4n) is 2.22. The van der Waals surface area contributed by atoms with Gasteiger partial charge in [0.15, 0.2) is 0 Å². The molecule has 1 aliphatic heterocycles. The highest BCUT2D eigenvalue weighted by atomic mass is 16.2. The molecular formula is C14H17N3O. The SMILES string of the molecule is CC1CCN(c2ccccc2)C(=O)C(CC#N)N1. The van der Waals surface area contributed by atoms with Gasteiger partial charge in [-0.2, -0.15) is 5.26 Å². The number of amides is 1. The lowest BCUT2D eigenvalue weighted by molar-refractivity contribution is -0.120. The number of carbonyl (C=O) groups is 1. The molecule has 94 valence electrons. The van der Waals surface area contributed by atoms with Crippen molar-refractivity contribution < 1.29 is 4.79 Å². The van der Waals surface area contributed by atoms with E-state index in [0.29, 0.717) is 6.54 Å². The Labute approximate surface area is 107 Å². The van der Waals surface area contributed by atoms with Crippen molar-refractivity contribution in [3.05, 3.63) is 30.3 Å². The Morgan fingerprint density at radius 2 is 2.17 bits per heavy atom. The van der Waals surface area contributed by atoms with Crippen LogP contribution in [-0.2, 0) is 4.79 Å². The van der Waals surface area contributed by atoms with E-state index in [-0.39, 0.29) is 18.4 Å². The molecule has 4 nitrogen and oxygen atoms in total. The highest BCUT2D eigenvalue weighted by molar-refractivity contribution is 5.97. The highest BCUT2D eigenvalue weighted by Gasteiger charge is 2.29. The van der Waals surface area contributed by atoms with Gasteiger partial charge < -0.3 is 10.2 Å². The molecule has 1 fully saturated rings. The Morgan fingerprint density at radius 3 is 2.83 bits per heavy atom. The van der Waals surface area contributed by atoms with Crippen molar-refractivity contribution in [2.24, 2.45) is 0 Å². The number of nitrogens with one attached hydrogen (secondary N) is 1. The number of carbonyl (C=O) groups excluding carboxylic acids is 1. The van der Waals surface area contributed by atoms with E-state index in [9.17, 15) is 4.79 Å². The first-order valence-corrected chi connectivity index (χ1v) is 6.22. The third-order valence-corrected chi connectivity index (χ3v) is 3.20. The predicted octanol–water partition coefficient (Wildman–Crippen LogP) is 1.68. The molecule has 1 aromatic carbocycles. The molecule has 1 N–H and O–H groups in total. The highest BCUT2D eigenvalue weighted by Crippen LogP contribution is 2.18. The Kier molecular flexibility index (Phi) is 3.96. The number of anilines is 1. The first-order chi connectivity index (χ1) is 8.72. The molecule has 1 aliphatic rings. The van der Waals surface area contributed by atoms with E-state index in [2.05, 4.69) is 11.4 Å². The summed E-state index contributed by atoms with van der Waals surface area (Å²) in [5.74, 6) is -0.00731. The molecule has 1 saturated heterocycles. The van der Waals surface area contributed by atoms with Crippen LogP contribution in [0, 0.1) is 11.3 Å². The Bertz CT molecular complexity index is 452. The minimum absolute atomic E-state index is 0.00731. The Balaban J connectivity index is 2.24. The van der Waals surface area contributed by atoms with Crippen LogP contribution in [-0.4, -0.2) is 24.5 Å². The maximum absolute atomic E-state index is 12.4. The molecule has 1 aromatic rings. The van der Waals surface area contributed by atoms with Crippen LogP contribution in [0.5, 0.6) is 0 Å². The monoisotopic (exact) mass is 243 g/mol. The van der Waals surface area contributed by atoms with E-state index in [1.165, 1.54) is 0 Å².